The highest BCUT2D eigenvalue weighted by atomic mass is 79.9. The van der Waals surface area contributed by atoms with Crippen LogP contribution in [0.2, 0.25) is 0 Å². The van der Waals surface area contributed by atoms with Crippen LogP contribution in [0.1, 0.15) is 20.3 Å². The van der Waals surface area contributed by atoms with Crippen LogP contribution in [0, 0.1) is 5.92 Å². The van der Waals surface area contributed by atoms with Crippen molar-refractivity contribution in [1.29, 1.82) is 0 Å². The summed E-state index contributed by atoms with van der Waals surface area (Å²) in [5.41, 5.74) is 0. The first-order valence-electron chi connectivity index (χ1n) is 5.62. The van der Waals surface area contributed by atoms with Gasteiger partial charge in [0.05, 0.1) is 0 Å². The molecule has 1 fully saturated rings. The fraction of sp³-hybridized carbons (Fsp3) is 0.727. The van der Waals surface area contributed by atoms with E-state index in [0.717, 1.165) is 25.6 Å². The fourth-order valence-electron chi connectivity index (χ4n) is 2.13. The van der Waals surface area contributed by atoms with E-state index in [4.69, 9.17) is 0 Å². The van der Waals surface area contributed by atoms with Gasteiger partial charge in [0.2, 0.25) is 5.95 Å². The van der Waals surface area contributed by atoms with Crippen LogP contribution in [-0.2, 0) is 6.54 Å². The average Bonchev–Trinajstić information content (AvgIpc) is 2.70. The first kappa shape index (κ1) is 11.0. The molecule has 3 nitrogen and oxygen atoms in total. The van der Waals surface area contributed by atoms with Crippen molar-refractivity contribution in [2.45, 2.75) is 31.6 Å². The van der Waals surface area contributed by atoms with Gasteiger partial charge in [-0.2, -0.15) is 0 Å². The SMILES string of the molecule is CCn1ccnc1N1CCC(Br)C(C)C1. The first-order chi connectivity index (χ1) is 7.22. The molecular formula is C11H18BrN3. The number of hydrogen-bond acceptors (Lipinski definition) is 2. The van der Waals surface area contributed by atoms with Crippen molar-refractivity contribution in [3.63, 3.8) is 0 Å². The van der Waals surface area contributed by atoms with Gasteiger partial charge in [-0.05, 0) is 19.3 Å². The van der Waals surface area contributed by atoms with Crippen molar-refractivity contribution >= 4 is 21.9 Å². The van der Waals surface area contributed by atoms with Gasteiger partial charge in [-0.3, -0.25) is 0 Å². The highest BCUT2D eigenvalue weighted by Gasteiger charge is 2.25. The monoisotopic (exact) mass is 271 g/mol. The van der Waals surface area contributed by atoms with Crippen LogP contribution < -0.4 is 4.90 Å². The molecule has 1 aromatic rings. The van der Waals surface area contributed by atoms with Crippen LogP contribution in [0.5, 0.6) is 0 Å². The highest BCUT2D eigenvalue weighted by molar-refractivity contribution is 9.09. The second-order valence-electron chi connectivity index (χ2n) is 4.24. The van der Waals surface area contributed by atoms with Gasteiger partial charge in [0.25, 0.3) is 0 Å². The third-order valence-corrected chi connectivity index (χ3v) is 4.48. The number of nitrogens with zero attached hydrogens (tertiary/aromatic N) is 3. The molecule has 0 N–H and O–H groups in total. The summed E-state index contributed by atoms with van der Waals surface area (Å²) in [6, 6.07) is 0. The Labute approximate surface area is 99.6 Å². The lowest BCUT2D eigenvalue weighted by Crippen LogP contribution is -2.41. The average molecular weight is 272 g/mol. The van der Waals surface area contributed by atoms with Crippen molar-refractivity contribution in [3.05, 3.63) is 12.4 Å². The molecule has 1 aromatic heterocycles. The maximum Gasteiger partial charge on any atom is 0.205 e. The molecule has 15 heavy (non-hydrogen) atoms. The normalized spacial score (nSPS) is 27.0. The highest BCUT2D eigenvalue weighted by Crippen LogP contribution is 2.26. The molecule has 0 radical (unpaired) electrons. The van der Waals surface area contributed by atoms with Crippen molar-refractivity contribution < 1.29 is 0 Å². The predicted molar refractivity (Wildman–Crippen MR) is 66.6 cm³/mol. The quantitative estimate of drug-likeness (QED) is 0.771. The minimum atomic E-state index is 0.666. The van der Waals surface area contributed by atoms with E-state index in [0.29, 0.717) is 10.7 Å². The standard InChI is InChI=1S/C11H18BrN3/c1-3-14-7-5-13-11(14)15-6-4-10(12)9(2)8-15/h5,7,9-10H,3-4,6,8H2,1-2H3. The molecule has 84 valence electrons. The Morgan fingerprint density at radius 1 is 1.60 bits per heavy atom. The van der Waals surface area contributed by atoms with Crippen LogP contribution in [-0.4, -0.2) is 27.5 Å². The van der Waals surface area contributed by atoms with E-state index >= 15 is 0 Å². The Morgan fingerprint density at radius 2 is 2.40 bits per heavy atom. The lowest BCUT2D eigenvalue weighted by atomic mass is 10.0. The van der Waals surface area contributed by atoms with E-state index in [1.807, 2.05) is 6.20 Å². The van der Waals surface area contributed by atoms with Crippen LogP contribution in [0.3, 0.4) is 0 Å². The number of aryl methyl sites for hydroxylation is 1. The number of hydrogen-bond donors (Lipinski definition) is 0. The summed E-state index contributed by atoms with van der Waals surface area (Å²) in [5.74, 6) is 1.82. The second kappa shape index (κ2) is 4.56. The first-order valence-corrected chi connectivity index (χ1v) is 6.54. The molecule has 2 atom stereocenters. The molecule has 0 spiro atoms. The molecule has 1 saturated heterocycles. The largest absolute Gasteiger partial charge is 0.342 e. The summed E-state index contributed by atoms with van der Waals surface area (Å²) in [4.78, 5) is 7.50. The minimum Gasteiger partial charge on any atom is -0.342 e. The molecule has 1 aliphatic heterocycles. The van der Waals surface area contributed by atoms with Gasteiger partial charge in [0.1, 0.15) is 0 Å². The number of aromatic nitrogens is 2. The number of piperidine rings is 1. The van der Waals surface area contributed by atoms with Gasteiger partial charge in [0.15, 0.2) is 0 Å². The number of anilines is 1. The van der Waals surface area contributed by atoms with Crippen molar-refractivity contribution in [2.24, 2.45) is 5.92 Å². The number of alkyl halides is 1. The summed E-state index contributed by atoms with van der Waals surface area (Å²) >= 11 is 3.73. The molecule has 0 aromatic carbocycles. The molecule has 1 aliphatic rings. The molecule has 0 saturated carbocycles. The zero-order chi connectivity index (χ0) is 10.8. The fourth-order valence-corrected chi connectivity index (χ4v) is 2.50. The Hall–Kier alpha value is -0.510. The molecule has 2 heterocycles. The van der Waals surface area contributed by atoms with E-state index in [1.54, 1.807) is 0 Å². The van der Waals surface area contributed by atoms with Crippen molar-refractivity contribution in [3.8, 4) is 0 Å². The lowest BCUT2D eigenvalue weighted by Gasteiger charge is -2.35. The van der Waals surface area contributed by atoms with Gasteiger partial charge in [-0.15, -0.1) is 0 Å². The summed E-state index contributed by atoms with van der Waals surface area (Å²) in [7, 11) is 0. The Morgan fingerprint density at radius 3 is 3.07 bits per heavy atom. The summed E-state index contributed by atoms with van der Waals surface area (Å²) in [5, 5.41) is 0. The van der Waals surface area contributed by atoms with Crippen molar-refractivity contribution in [1.82, 2.24) is 9.55 Å². The van der Waals surface area contributed by atoms with E-state index in [9.17, 15) is 0 Å². The van der Waals surface area contributed by atoms with Crippen molar-refractivity contribution in [2.75, 3.05) is 18.0 Å². The molecule has 2 unspecified atom stereocenters. The smallest absolute Gasteiger partial charge is 0.205 e. The van der Waals surface area contributed by atoms with E-state index in [-0.39, 0.29) is 0 Å². The molecule has 0 aliphatic carbocycles. The second-order valence-corrected chi connectivity index (χ2v) is 5.42. The third kappa shape index (κ3) is 2.19. The summed E-state index contributed by atoms with van der Waals surface area (Å²) < 4.78 is 2.21. The number of imidazole rings is 1. The molecule has 2 rings (SSSR count). The van der Waals surface area contributed by atoms with E-state index < -0.39 is 0 Å². The van der Waals surface area contributed by atoms with Crippen LogP contribution in [0.4, 0.5) is 5.95 Å². The zero-order valence-corrected chi connectivity index (χ0v) is 10.9. The molecule has 0 amide bonds. The van der Waals surface area contributed by atoms with E-state index in [2.05, 4.69) is 50.4 Å². The van der Waals surface area contributed by atoms with E-state index in [1.165, 1.54) is 6.42 Å². The van der Waals surface area contributed by atoms with Crippen LogP contribution in [0.15, 0.2) is 12.4 Å². The summed E-state index contributed by atoms with van der Waals surface area (Å²) in [6.07, 6.45) is 5.15. The Kier molecular flexibility index (Phi) is 3.34. The third-order valence-electron chi connectivity index (χ3n) is 3.12. The van der Waals surface area contributed by atoms with Gasteiger partial charge in [0, 0.05) is 36.9 Å². The van der Waals surface area contributed by atoms with Crippen LogP contribution >= 0.6 is 15.9 Å². The Bertz CT molecular complexity index is 323. The van der Waals surface area contributed by atoms with Gasteiger partial charge >= 0.3 is 0 Å². The summed E-state index contributed by atoms with van der Waals surface area (Å²) in [6.45, 7) is 7.67. The van der Waals surface area contributed by atoms with Gasteiger partial charge in [-0.1, -0.05) is 22.9 Å². The molecule has 0 bridgehead atoms. The Balaban J connectivity index is 2.11. The maximum atomic E-state index is 4.44. The van der Waals surface area contributed by atoms with Crippen LogP contribution in [0.25, 0.3) is 0 Å². The lowest BCUT2D eigenvalue weighted by molar-refractivity contribution is 0.456. The predicted octanol–water partition coefficient (Wildman–Crippen LogP) is 2.51. The molecular weight excluding hydrogens is 254 g/mol. The number of halogens is 1. The van der Waals surface area contributed by atoms with Gasteiger partial charge < -0.3 is 9.47 Å². The molecule has 4 heteroatoms. The van der Waals surface area contributed by atoms with Gasteiger partial charge in [-0.25, -0.2) is 4.98 Å². The minimum absolute atomic E-state index is 0.666. The zero-order valence-electron chi connectivity index (χ0n) is 9.36. The maximum absolute atomic E-state index is 4.44. The number of rotatable bonds is 2. The topological polar surface area (TPSA) is 21.1 Å².